The van der Waals surface area contributed by atoms with Crippen molar-refractivity contribution in [3.8, 4) is 0 Å². The van der Waals surface area contributed by atoms with E-state index in [1.165, 1.54) is 6.07 Å². The average molecular weight is 179 g/mol. The summed E-state index contributed by atoms with van der Waals surface area (Å²) in [7, 11) is 0. The molecule has 1 nitrogen and oxygen atoms in total. The molecule has 1 aromatic carbocycles. The van der Waals surface area contributed by atoms with E-state index in [0.29, 0.717) is 5.69 Å². The fourth-order valence-corrected chi connectivity index (χ4v) is 1.03. The second-order valence-corrected chi connectivity index (χ2v) is 3.11. The minimum absolute atomic E-state index is 0.243. The molecule has 13 heavy (non-hydrogen) atoms. The lowest BCUT2D eigenvalue weighted by atomic mass is 10.2. The smallest absolute Gasteiger partial charge is 0.149 e. The van der Waals surface area contributed by atoms with Crippen molar-refractivity contribution in [3.05, 3.63) is 29.6 Å². The van der Waals surface area contributed by atoms with E-state index in [1.54, 1.807) is 6.07 Å². The van der Waals surface area contributed by atoms with Crippen LogP contribution in [0.1, 0.15) is 25.8 Å². The van der Waals surface area contributed by atoms with E-state index in [0.717, 1.165) is 17.7 Å². The molecule has 0 aromatic heterocycles. The van der Waals surface area contributed by atoms with Crippen LogP contribution in [-0.4, -0.2) is 5.71 Å². The zero-order valence-electron chi connectivity index (χ0n) is 8.26. The Labute approximate surface area is 78.3 Å². The second-order valence-electron chi connectivity index (χ2n) is 3.11. The van der Waals surface area contributed by atoms with Crippen LogP contribution in [0.2, 0.25) is 0 Å². The van der Waals surface area contributed by atoms with Gasteiger partial charge < -0.3 is 0 Å². The summed E-state index contributed by atoms with van der Waals surface area (Å²) in [4.78, 5) is 4.22. The van der Waals surface area contributed by atoms with Gasteiger partial charge in [0.25, 0.3) is 0 Å². The number of hydrogen-bond donors (Lipinski definition) is 0. The van der Waals surface area contributed by atoms with E-state index >= 15 is 0 Å². The summed E-state index contributed by atoms with van der Waals surface area (Å²) in [5.74, 6) is -0.243. The van der Waals surface area contributed by atoms with Gasteiger partial charge in [-0.1, -0.05) is 19.1 Å². The molecule has 0 radical (unpaired) electrons. The zero-order valence-corrected chi connectivity index (χ0v) is 8.26. The van der Waals surface area contributed by atoms with Gasteiger partial charge >= 0.3 is 0 Å². The summed E-state index contributed by atoms with van der Waals surface area (Å²) in [5.41, 5.74) is 2.31. The Bertz CT molecular complexity index is 309. The molecule has 0 bridgehead atoms. The number of hydrogen-bond acceptors (Lipinski definition) is 1. The predicted octanol–water partition coefficient (Wildman–Crippen LogP) is 3.64. The lowest BCUT2D eigenvalue weighted by Gasteiger charge is -2.02. The molecule has 0 N–H and O–H groups in total. The highest BCUT2D eigenvalue weighted by atomic mass is 19.1. The molecular weight excluding hydrogens is 165 g/mol. The lowest BCUT2D eigenvalue weighted by molar-refractivity contribution is 0.629. The van der Waals surface area contributed by atoms with E-state index < -0.39 is 0 Å². The van der Waals surface area contributed by atoms with E-state index in [4.69, 9.17) is 0 Å². The van der Waals surface area contributed by atoms with Crippen LogP contribution in [0.5, 0.6) is 0 Å². The summed E-state index contributed by atoms with van der Waals surface area (Å²) < 4.78 is 13.2. The highest BCUT2D eigenvalue weighted by Crippen LogP contribution is 2.22. The van der Waals surface area contributed by atoms with Gasteiger partial charge in [-0.3, -0.25) is 4.99 Å². The van der Waals surface area contributed by atoms with Crippen LogP contribution >= 0.6 is 0 Å². The SMILES string of the molecule is CCC(C)=Nc1c(C)cccc1F. The first-order chi connectivity index (χ1) is 6.15. The number of nitrogens with zero attached hydrogens (tertiary/aromatic N) is 1. The van der Waals surface area contributed by atoms with Crippen molar-refractivity contribution in [3.63, 3.8) is 0 Å². The Morgan fingerprint density at radius 1 is 1.46 bits per heavy atom. The van der Waals surface area contributed by atoms with Crippen LogP contribution in [-0.2, 0) is 0 Å². The minimum atomic E-state index is -0.243. The Morgan fingerprint density at radius 3 is 2.69 bits per heavy atom. The summed E-state index contributed by atoms with van der Waals surface area (Å²) in [5, 5.41) is 0. The molecule has 0 saturated carbocycles. The lowest BCUT2D eigenvalue weighted by Crippen LogP contribution is -1.88. The van der Waals surface area contributed by atoms with E-state index in [1.807, 2.05) is 26.8 Å². The van der Waals surface area contributed by atoms with Gasteiger partial charge in [0.15, 0.2) is 0 Å². The first-order valence-electron chi connectivity index (χ1n) is 4.44. The van der Waals surface area contributed by atoms with Crippen LogP contribution < -0.4 is 0 Å². The van der Waals surface area contributed by atoms with Crippen LogP contribution in [0.4, 0.5) is 10.1 Å². The molecule has 0 spiro atoms. The molecule has 0 amide bonds. The number of aryl methyl sites for hydroxylation is 1. The largest absolute Gasteiger partial charge is 0.255 e. The highest BCUT2D eigenvalue weighted by Gasteiger charge is 2.02. The van der Waals surface area contributed by atoms with Crippen molar-refractivity contribution in [2.45, 2.75) is 27.2 Å². The third-order valence-corrected chi connectivity index (χ3v) is 2.00. The van der Waals surface area contributed by atoms with Gasteiger partial charge in [0.1, 0.15) is 11.5 Å². The number of rotatable bonds is 2. The van der Waals surface area contributed by atoms with Crippen molar-refractivity contribution >= 4 is 11.4 Å². The normalized spacial score (nSPS) is 11.8. The van der Waals surface area contributed by atoms with Crippen LogP contribution in [0.25, 0.3) is 0 Å². The summed E-state index contributed by atoms with van der Waals surface area (Å²) >= 11 is 0. The van der Waals surface area contributed by atoms with Crippen molar-refractivity contribution in [2.24, 2.45) is 4.99 Å². The number of para-hydroxylation sites is 1. The van der Waals surface area contributed by atoms with Gasteiger partial charge in [-0.2, -0.15) is 0 Å². The van der Waals surface area contributed by atoms with E-state index in [-0.39, 0.29) is 5.82 Å². The maximum absolute atomic E-state index is 13.2. The highest BCUT2D eigenvalue weighted by molar-refractivity contribution is 5.84. The fraction of sp³-hybridized carbons (Fsp3) is 0.364. The van der Waals surface area contributed by atoms with Gasteiger partial charge in [-0.05, 0) is 31.9 Å². The number of halogens is 1. The summed E-state index contributed by atoms with van der Waals surface area (Å²) in [6.45, 7) is 5.78. The van der Waals surface area contributed by atoms with Crippen molar-refractivity contribution in [1.82, 2.24) is 0 Å². The van der Waals surface area contributed by atoms with Crippen molar-refractivity contribution in [2.75, 3.05) is 0 Å². The molecular formula is C11H14FN. The Morgan fingerprint density at radius 2 is 2.15 bits per heavy atom. The molecule has 0 aliphatic heterocycles. The van der Waals surface area contributed by atoms with Crippen molar-refractivity contribution in [1.29, 1.82) is 0 Å². The van der Waals surface area contributed by atoms with Gasteiger partial charge in [0, 0.05) is 5.71 Å². The third kappa shape index (κ3) is 2.38. The quantitative estimate of drug-likeness (QED) is 0.615. The Kier molecular flexibility index (Phi) is 3.18. The van der Waals surface area contributed by atoms with Crippen LogP contribution in [0, 0.1) is 12.7 Å². The number of aliphatic imine (C=N–C) groups is 1. The molecule has 1 rings (SSSR count). The van der Waals surface area contributed by atoms with Crippen LogP contribution in [0.3, 0.4) is 0 Å². The monoisotopic (exact) mass is 179 g/mol. The predicted molar refractivity (Wildman–Crippen MR) is 54.2 cm³/mol. The Balaban J connectivity index is 3.14. The fourth-order valence-electron chi connectivity index (χ4n) is 1.03. The maximum Gasteiger partial charge on any atom is 0.149 e. The molecule has 70 valence electrons. The molecule has 0 aliphatic carbocycles. The zero-order chi connectivity index (χ0) is 9.84. The molecule has 0 unspecified atom stereocenters. The van der Waals surface area contributed by atoms with E-state index in [9.17, 15) is 4.39 Å². The van der Waals surface area contributed by atoms with E-state index in [2.05, 4.69) is 4.99 Å². The van der Waals surface area contributed by atoms with Gasteiger partial charge in [-0.15, -0.1) is 0 Å². The molecule has 2 heteroatoms. The molecule has 0 saturated heterocycles. The van der Waals surface area contributed by atoms with Gasteiger partial charge in [0.05, 0.1) is 0 Å². The minimum Gasteiger partial charge on any atom is -0.255 e. The van der Waals surface area contributed by atoms with Crippen molar-refractivity contribution < 1.29 is 4.39 Å². The van der Waals surface area contributed by atoms with Crippen LogP contribution in [0.15, 0.2) is 23.2 Å². The average Bonchev–Trinajstić information content (AvgIpc) is 2.11. The summed E-state index contributed by atoms with van der Waals surface area (Å²) in [6, 6.07) is 5.00. The molecule has 0 atom stereocenters. The molecule has 0 heterocycles. The number of benzene rings is 1. The molecule has 0 aliphatic rings. The van der Waals surface area contributed by atoms with Gasteiger partial charge in [0.2, 0.25) is 0 Å². The maximum atomic E-state index is 13.2. The molecule has 0 fully saturated rings. The topological polar surface area (TPSA) is 12.4 Å². The molecule has 1 aromatic rings. The summed E-state index contributed by atoms with van der Waals surface area (Å²) in [6.07, 6.45) is 0.855. The standard InChI is InChI=1S/C11H14FN/c1-4-9(3)13-11-8(2)6-5-7-10(11)12/h5-7H,4H2,1-3H3. The Hall–Kier alpha value is -1.18. The van der Waals surface area contributed by atoms with Gasteiger partial charge in [-0.25, -0.2) is 4.39 Å². The first kappa shape index (κ1) is 9.90. The first-order valence-corrected chi connectivity index (χ1v) is 4.44. The third-order valence-electron chi connectivity index (χ3n) is 2.00. The second kappa shape index (κ2) is 4.17.